The Labute approximate surface area is 104 Å². The third-order valence-electron chi connectivity index (χ3n) is 1.78. The van der Waals surface area contributed by atoms with Crippen molar-refractivity contribution in [3.8, 4) is 11.6 Å². The summed E-state index contributed by atoms with van der Waals surface area (Å²) in [4.78, 5) is 26.0. The van der Waals surface area contributed by atoms with Crippen LogP contribution in [0.15, 0.2) is 18.3 Å². The van der Waals surface area contributed by atoms with Crippen molar-refractivity contribution < 1.29 is 24.2 Å². The number of aromatic nitrogens is 1. The second-order valence-electron chi connectivity index (χ2n) is 3.29. The van der Waals surface area contributed by atoms with E-state index < -0.39 is 12.1 Å². The molecule has 1 rings (SSSR count). The molecule has 0 saturated carbocycles. The molecule has 0 aliphatic heterocycles. The zero-order valence-electron chi connectivity index (χ0n) is 9.88. The fourth-order valence-corrected chi connectivity index (χ4v) is 0.996. The van der Waals surface area contributed by atoms with Gasteiger partial charge in [0.05, 0.1) is 6.61 Å². The smallest absolute Gasteiger partial charge is 0.414 e. The third-order valence-corrected chi connectivity index (χ3v) is 1.78. The van der Waals surface area contributed by atoms with Gasteiger partial charge in [-0.15, -0.1) is 0 Å². The summed E-state index contributed by atoms with van der Waals surface area (Å²) in [6.45, 7) is 1.86. The van der Waals surface area contributed by atoms with Gasteiger partial charge in [0.25, 0.3) is 5.88 Å². The Morgan fingerprint density at radius 3 is 2.94 bits per heavy atom. The molecule has 2 N–H and O–H groups in total. The van der Waals surface area contributed by atoms with Crippen LogP contribution >= 0.6 is 0 Å². The molecule has 0 saturated heterocycles. The number of ether oxygens (including phenoxy) is 2. The van der Waals surface area contributed by atoms with E-state index in [0.717, 1.165) is 0 Å². The van der Waals surface area contributed by atoms with E-state index in [1.807, 2.05) is 6.92 Å². The molecule has 98 valence electrons. The molecule has 0 aliphatic carbocycles. The van der Waals surface area contributed by atoms with Gasteiger partial charge in [-0.05, 0) is 18.6 Å². The molecule has 1 aromatic heterocycles. The van der Waals surface area contributed by atoms with Crippen LogP contribution in [0, 0.1) is 0 Å². The zero-order chi connectivity index (χ0) is 13.4. The summed E-state index contributed by atoms with van der Waals surface area (Å²) in [5, 5.41) is 11.5. The van der Waals surface area contributed by atoms with Gasteiger partial charge in [0.2, 0.25) is 0 Å². The predicted octanol–water partition coefficient (Wildman–Crippen LogP) is 0.829. The Morgan fingerprint density at radius 2 is 2.28 bits per heavy atom. The monoisotopic (exact) mass is 254 g/mol. The number of carbonyl (C=O) groups is 2. The van der Waals surface area contributed by atoms with Crippen LogP contribution < -0.4 is 10.1 Å². The SMILES string of the molecule is CCCOC(=O)CNC(=O)Oc1ncccc1O. The third kappa shape index (κ3) is 4.69. The van der Waals surface area contributed by atoms with Crippen molar-refractivity contribution >= 4 is 12.1 Å². The van der Waals surface area contributed by atoms with Gasteiger partial charge in [-0.25, -0.2) is 9.78 Å². The lowest BCUT2D eigenvalue weighted by Crippen LogP contribution is -2.33. The van der Waals surface area contributed by atoms with Crippen molar-refractivity contribution in [1.82, 2.24) is 10.3 Å². The van der Waals surface area contributed by atoms with Crippen LogP contribution in [0.2, 0.25) is 0 Å². The van der Waals surface area contributed by atoms with Crippen molar-refractivity contribution in [2.24, 2.45) is 0 Å². The molecule has 0 fully saturated rings. The maximum atomic E-state index is 11.3. The molecule has 0 atom stereocenters. The number of rotatable bonds is 5. The van der Waals surface area contributed by atoms with Gasteiger partial charge in [0.1, 0.15) is 6.54 Å². The Hall–Kier alpha value is -2.31. The lowest BCUT2D eigenvalue weighted by atomic mass is 10.4. The number of hydrogen-bond acceptors (Lipinski definition) is 6. The van der Waals surface area contributed by atoms with Crippen LogP contribution in [-0.2, 0) is 9.53 Å². The fraction of sp³-hybridized carbons (Fsp3) is 0.364. The first-order chi connectivity index (χ1) is 8.63. The van der Waals surface area contributed by atoms with Crippen LogP contribution in [0.1, 0.15) is 13.3 Å². The predicted molar refractivity (Wildman–Crippen MR) is 61.2 cm³/mol. The molecule has 0 unspecified atom stereocenters. The number of hydrogen-bond donors (Lipinski definition) is 2. The van der Waals surface area contributed by atoms with Crippen LogP contribution in [-0.4, -0.2) is 35.3 Å². The number of carbonyl (C=O) groups excluding carboxylic acids is 2. The van der Waals surface area contributed by atoms with E-state index in [1.54, 1.807) is 0 Å². The molecular formula is C11H14N2O5. The first kappa shape index (κ1) is 13.8. The fourth-order valence-electron chi connectivity index (χ4n) is 0.996. The molecule has 0 aliphatic rings. The second kappa shape index (κ2) is 7.10. The maximum absolute atomic E-state index is 11.3. The Kier molecular flexibility index (Phi) is 5.43. The lowest BCUT2D eigenvalue weighted by molar-refractivity contribution is -0.142. The summed E-state index contributed by atoms with van der Waals surface area (Å²) in [7, 11) is 0. The minimum absolute atomic E-state index is 0.225. The summed E-state index contributed by atoms with van der Waals surface area (Å²) in [6, 6.07) is 2.81. The molecule has 7 heteroatoms. The Morgan fingerprint density at radius 1 is 1.50 bits per heavy atom. The van der Waals surface area contributed by atoms with Crippen molar-refractivity contribution in [3.63, 3.8) is 0 Å². The number of aromatic hydroxyl groups is 1. The summed E-state index contributed by atoms with van der Waals surface area (Å²) < 4.78 is 9.42. The van der Waals surface area contributed by atoms with Crippen molar-refractivity contribution in [1.29, 1.82) is 0 Å². The number of nitrogens with zero attached hydrogens (tertiary/aromatic N) is 1. The Bertz CT molecular complexity index is 422. The van der Waals surface area contributed by atoms with Crippen molar-refractivity contribution in [2.45, 2.75) is 13.3 Å². The number of pyridine rings is 1. The molecule has 1 amide bonds. The topological polar surface area (TPSA) is 97.8 Å². The largest absolute Gasteiger partial charge is 0.503 e. The van der Waals surface area contributed by atoms with Crippen LogP contribution in [0.5, 0.6) is 11.6 Å². The average molecular weight is 254 g/mol. The highest BCUT2D eigenvalue weighted by Crippen LogP contribution is 2.20. The van der Waals surface area contributed by atoms with E-state index >= 15 is 0 Å². The molecule has 7 nitrogen and oxygen atoms in total. The molecule has 0 bridgehead atoms. The highest BCUT2D eigenvalue weighted by atomic mass is 16.6. The quantitative estimate of drug-likeness (QED) is 0.755. The average Bonchev–Trinajstić information content (AvgIpc) is 2.36. The molecule has 1 heterocycles. The molecular weight excluding hydrogens is 240 g/mol. The number of esters is 1. The van der Waals surface area contributed by atoms with E-state index in [1.165, 1.54) is 18.3 Å². The summed E-state index contributed by atoms with van der Waals surface area (Å²) in [5.74, 6) is -1.04. The van der Waals surface area contributed by atoms with E-state index in [0.29, 0.717) is 13.0 Å². The van der Waals surface area contributed by atoms with E-state index in [9.17, 15) is 14.7 Å². The minimum atomic E-state index is -0.891. The first-order valence-electron chi connectivity index (χ1n) is 5.38. The first-order valence-corrected chi connectivity index (χ1v) is 5.38. The van der Waals surface area contributed by atoms with Gasteiger partial charge in [-0.2, -0.15) is 0 Å². The zero-order valence-corrected chi connectivity index (χ0v) is 9.88. The van der Waals surface area contributed by atoms with Crippen LogP contribution in [0.4, 0.5) is 4.79 Å². The Balaban J connectivity index is 2.34. The molecule has 18 heavy (non-hydrogen) atoms. The molecule has 1 aromatic rings. The van der Waals surface area contributed by atoms with Gasteiger partial charge in [0.15, 0.2) is 5.75 Å². The van der Waals surface area contributed by atoms with Crippen molar-refractivity contribution in [2.75, 3.05) is 13.2 Å². The maximum Gasteiger partial charge on any atom is 0.414 e. The lowest BCUT2D eigenvalue weighted by Gasteiger charge is -2.06. The van der Waals surface area contributed by atoms with Crippen molar-refractivity contribution in [3.05, 3.63) is 18.3 Å². The van der Waals surface area contributed by atoms with Gasteiger partial charge in [0, 0.05) is 6.20 Å². The molecule has 0 radical (unpaired) electrons. The van der Waals surface area contributed by atoms with E-state index in [2.05, 4.69) is 15.0 Å². The molecule has 0 spiro atoms. The molecule has 0 aromatic carbocycles. The normalized spacial score (nSPS) is 9.61. The van der Waals surface area contributed by atoms with Crippen LogP contribution in [0.3, 0.4) is 0 Å². The number of amides is 1. The standard InChI is InChI=1S/C11H14N2O5/c1-2-6-17-9(15)7-13-11(16)18-10-8(14)4-3-5-12-10/h3-5,14H,2,6-7H2,1H3,(H,13,16). The summed E-state index contributed by atoms with van der Waals surface area (Å²) in [5.41, 5.74) is 0. The van der Waals surface area contributed by atoms with Gasteiger partial charge in [-0.3, -0.25) is 4.79 Å². The van der Waals surface area contributed by atoms with E-state index in [4.69, 9.17) is 4.74 Å². The van der Waals surface area contributed by atoms with Gasteiger partial charge < -0.3 is 19.9 Å². The summed E-state index contributed by atoms with van der Waals surface area (Å²) in [6.07, 6.45) is 1.17. The second-order valence-corrected chi connectivity index (χ2v) is 3.29. The number of nitrogens with one attached hydrogen (secondary N) is 1. The van der Waals surface area contributed by atoms with Crippen LogP contribution in [0.25, 0.3) is 0 Å². The summed E-state index contributed by atoms with van der Waals surface area (Å²) >= 11 is 0. The van der Waals surface area contributed by atoms with Gasteiger partial charge in [-0.1, -0.05) is 6.92 Å². The van der Waals surface area contributed by atoms with Gasteiger partial charge >= 0.3 is 12.1 Å². The highest BCUT2D eigenvalue weighted by Gasteiger charge is 2.11. The highest BCUT2D eigenvalue weighted by molar-refractivity contribution is 5.78. The minimum Gasteiger partial charge on any atom is -0.503 e. The van der Waals surface area contributed by atoms with E-state index in [-0.39, 0.29) is 18.2 Å².